The molecule has 0 aliphatic rings. The minimum absolute atomic E-state index is 0.0558. The quantitative estimate of drug-likeness (QED) is 0.866. The van der Waals surface area contributed by atoms with E-state index in [2.05, 4.69) is 5.16 Å². The Morgan fingerprint density at radius 2 is 1.95 bits per heavy atom. The molecule has 0 amide bonds. The van der Waals surface area contributed by atoms with Gasteiger partial charge in [0.25, 0.3) is 0 Å². The molecule has 0 fully saturated rings. The lowest BCUT2D eigenvalue weighted by Gasteiger charge is -2.10. The second kappa shape index (κ2) is 5.24. The second-order valence-corrected chi connectivity index (χ2v) is 4.40. The van der Waals surface area contributed by atoms with Gasteiger partial charge in [-0.2, -0.15) is 0 Å². The van der Waals surface area contributed by atoms with Crippen LogP contribution in [0.25, 0.3) is 11.3 Å². The Balaban J connectivity index is 2.64. The van der Waals surface area contributed by atoms with Crippen LogP contribution in [0.3, 0.4) is 0 Å². The van der Waals surface area contributed by atoms with E-state index in [-0.39, 0.29) is 11.4 Å². The first-order valence-electron chi connectivity index (χ1n) is 5.98. The number of aryl methyl sites for hydroxylation is 2. The zero-order chi connectivity index (χ0) is 14.9. The minimum Gasteiger partial charge on any atom is -0.496 e. The van der Waals surface area contributed by atoms with Gasteiger partial charge in [-0.3, -0.25) is 0 Å². The molecule has 2 aromatic rings. The fraction of sp³-hybridized carbons (Fsp3) is 0.286. The van der Waals surface area contributed by atoms with Crippen molar-refractivity contribution < 1.29 is 18.8 Å². The number of nitrogens with zero attached hydrogens (tertiary/aromatic N) is 1. The number of methoxy groups -OCH3 is 2. The van der Waals surface area contributed by atoms with Crippen molar-refractivity contribution in [3.8, 4) is 17.0 Å². The molecular formula is C14H16N2O4. The molecule has 20 heavy (non-hydrogen) atoms. The fourth-order valence-corrected chi connectivity index (χ4v) is 2.05. The summed E-state index contributed by atoms with van der Waals surface area (Å²) in [7, 11) is 2.89. The number of carbonyl (C=O) groups is 1. The predicted molar refractivity (Wildman–Crippen MR) is 73.7 cm³/mol. The van der Waals surface area contributed by atoms with Crippen molar-refractivity contribution in [3.63, 3.8) is 0 Å². The Labute approximate surface area is 116 Å². The number of ether oxygens (including phenoxy) is 2. The third-order valence-corrected chi connectivity index (χ3v) is 3.10. The van der Waals surface area contributed by atoms with Crippen LogP contribution in [0, 0.1) is 13.8 Å². The number of hydrogen-bond acceptors (Lipinski definition) is 6. The van der Waals surface area contributed by atoms with Crippen molar-refractivity contribution in [3.05, 3.63) is 28.8 Å². The van der Waals surface area contributed by atoms with Crippen LogP contribution in [0.5, 0.6) is 5.75 Å². The Bertz CT molecular complexity index is 661. The van der Waals surface area contributed by atoms with Crippen LogP contribution in [-0.4, -0.2) is 25.3 Å². The van der Waals surface area contributed by atoms with Gasteiger partial charge < -0.3 is 19.7 Å². The van der Waals surface area contributed by atoms with Crippen LogP contribution < -0.4 is 10.5 Å². The van der Waals surface area contributed by atoms with Gasteiger partial charge in [0.2, 0.25) is 5.88 Å². The van der Waals surface area contributed by atoms with Crippen LogP contribution in [-0.2, 0) is 4.74 Å². The molecule has 6 heteroatoms. The number of aromatic nitrogens is 1. The molecule has 0 bridgehead atoms. The number of nitrogens with two attached hydrogens (primary N) is 1. The Hall–Kier alpha value is -2.50. The van der Waals surface area contributed by atoms with E-state index in [9.17, 15) is 4.79 Å². The molecule has 2 rings (SSSR count). The molecule has 0 spiro atoms. The van der Waals surface area contributed by atoms with Crippen LogP contribution >= 0.6 is 0 Å². The van der Waals surface area contributed by atoms with E-state index in [1.807, 2.05) is 26.0 Å². The van der Waals surface area contributed by atoms with Crippen molar-refractivity contribution in [2.75, 3.05) is 20.0 Å². The first-order chi connectivity index (χ1) is 9.49. The maximum Gasteiger partial charge on any atom is 0.345 e. The molecule has 1 aromatic heterocycles. The molecular weight excluding hydrogens is 260 g/mol. The summed E-state index contributed by atoms with van der Waals surface area (Å²) in [6.45, 7) is 3.80. The third-order valence-electron chi connectivity index (χ3n) is 3.10. The van der Waals surface area contributed by atoms with Crippen molar-refractivity contribution in [2.45, 2.75) is 13.8 Å². The molecule has 106 valence electrons. The number of hydrogen-bond donors (Lipinski definition) is 1. The minimum atomic E-state index is -0.577. The van der Waals surface area contributed by atoms with Crippen molar-refractivity contribution in [1.82, 2.24) is 5.16 Å². The number of esters is 1. The van der Waals surface area contributed by atoms with Crippen molar-refractivity contribution in [2.24, 2.45) is 0 Å². The van der Waals surface area contributed by atoms with Crippen LogP contribution in [0.1, 0.15) is 21.5 Å². The summed E-state index contributed by atoms with van der Waals surface area (Å²) < 4.78 is 14.9. The van der Waals surface area contributed by atoms with Gasteiger partial charge in [0.05, 0.1) is 14.2 Å². The van der Waals surface area contributed by atoms with Gasteiger partial charge in [0, 0.05) is 5.56 Å². The fourth-order valence-electron chi connectivity index (χ4n) is 2.05. The summed E-state index contributed by atoms with van der Waals surface area (Å²) >= 11 is 0. The summed E-state index contributed by atoms with van der Waals surface area (Å²) in [4.78, 5) is 11.8. The summed E-state index contributed by atoms with van der Waals surface area (Å²) in [5, 5.41) is 3.87. The SMILES string of the molecule is COC(=O)c1c(-c2cc(C)c(OC)cc2C)noc1N. The van der Waals surface area contributed by atoms with E-state index < -0.39 is 5.97 Å². The van der Waals surface area contributed by atoms with Crippen molar-refractivity contribution >= 4 is 11.9 Å². The van der Waals surface area contributed by atoms with Gasteiger partial charge in [-0.15, -0.1) is 0 Å². The van der Waals surface area contributed by atoms with Crippen LogP contribution in [0.4, 0.5) is 5.88 Å². The number of carbonyl (C=O) groups excluding carboxylic acids is 1. The highest BCUT2D eigenvalue weighted by atomic mass is 16.5. The lowest BCUT2D eigenvalue weighted by atomic mass is 9.99. The molecule has 0 aliphatic heterocycles. The number of rotatable bonds is 3. The molecule has 6 nitrogen and oxygen atoms in total. The summed E-state index contributed by atoms with van der Waals surface area (Å²) in [6.07, 6.45) is 0. The number of anilines is 1. The number of nitrogen functional groups attached to an aromatic ring is 1. The first-order valence-corrected chi connectivity index (χ1v) is 5.98. The average molecular weight is 276 g/mol. The van der Waals surface area contributed by atoms with E-state index >= 15 is 0 Å². The van der Waals surface area contributed by atoms with E-state index in [0.29, 0.717) is 5.69 Å². The molecule has 0 saturated heterocycles. The molecule has 0 aliphatic carbocycles. The second-order valence-electron chi connectivity index (χ2n) is 4.40. The zero-order valence-electron chi connectivity index (χ0n) is 11.8. The Morgan fingerprint density at radius 1 is 1.25 bits per heavy atom. The molecule has 2 N–H and O–H groups in total. The van der Waals surface area contributed by atoms with E-state index in [1.165, 1.54) is 7.11 Å². The zero-order valence-corrected chi connectivity index (χ0v) is 11.8. The first kappa shape index (κ1) is 13.9. The number of benzene rings is 1. The van der Waals surface area contributed by atoms with Gasteiger partial charge in [0.15, 0.2) is 5.56 Å². The Kier molecular flexibility index (Phi) is 3.65. The van der Waals surface area contributed by atoms with Gasteiger partial charge >= 0.3 is 5.97 Å². The summed E-state index contributed by atoms with van der Waals surface area (Å²) in [6, 6.07) is 3.74. The van der Waals surface area contributed by atoms with Gasteiger partial charge in [-0.1, -0.05) is 5.16 Å². The molecule has 1 heterocycles. The maximum atomic E-state index is 11.8. The standard InChI is InChI=1S/C14H16N2O4/c1-7-6-10(18-3)8(2)5-9(7)12-11(14(17)19-4)13(15)20-16-12/h5-6H,15H2,1-4H3. The van der Waals surface area contributed by atoms with Gasteiger partial charge in [0.1, 0.15) is 11.4 Å². The van der Waals surface area contributed by atoms with Gasteiger partial charge in [-0.05, 0) is 37.1 Å². The highest BCUT2D eigenvalue weighted by Crippen LogP contribution is 2.33. The molecule has 0 saturated carbocycles. The van der Waals surface area contributed by atoms with Crippen LogP contribution in [0.15, 0.2) is 16.7 Å². The van der Waals surface area contributed by atoms with E-state index in [1.54, 1.807) is 7.11 Å². The molecule has 0 unspecified atom stereocenters. The van der Waals surface area contributed by atoms with E-state index in [0.717, 1.165) is 22.4 Å². The highest BCUT2D eigenvalue weighted by molar-refractivity contribution is 6.00. The smallest absolute Gasteiger partial charge is 0.345 e. The summed E-state index contributed by atoms with van der Waals surface area (Å²) in [5.41, 5.74) is 8.73. The Morgan fingerprint density at radius 3 is 2.55 bits per heavy atom. The topological polar surface area (TPSA) is 87.6 Å². The van der Waals surface area contributed by atoms with Crippen LogP contribution in [0.2, 0.25) is 0 Å². The third kappa shape index (κ3) is 2.20. The molecule has 0 radical (unpaired) electrons. The highest BCUT2D eigenvalue weighted by Gasteiger charge is 2.24. The molecule has 1 aromatic carbocycles. The van der Waals surface area contributed by atoms with Crippen molar-refractivity contribution in [1.29, 1.82) is 0 Å². The van der Waals surface area contributed by atoms with Gasteiger partial charge in [-0.25, -0.2) is 4.79 Å². The molecule has 0 atom stereocenters. The largest absolute Gasteiger partial charge is 0.496 e. The lowest BCUT2D eigenvalue weighted by Crippen LogP contribution is -2.05. The maximum absolute atomic E-state index is 11.8. The lowest BCUT2D eigenvalue weighted by molar-refractivity contribution is 0.0602. The van der Waals surface area contributed by atoms with E-state index in [4.69, 9.17) is 19.7 Å². The normalized spacial score (nSPS) is 10.4. The average Bonchev–Trinajstić information content (AvgIpc) is 2.81. The predicted octanol–water partition coefficient (Wildman–Crippen LogP) is 2.34. The summed E-state index contributed by atoms with van der Waals surface area (Å²) in [5.74, 6) is 0.133. The monoisotopic (exact) mass is 276 g/mol.